The van der Waals surface area contributed by atoms with E-state index in [-0.39, 0.29) is 12.1 Å². The van der Waals surface area contributed by atoms with Crippen LogP contribution in [0.5, 0.6) is 0 Å². The molecule has 3 aliphatic rings. The van der Waals surface area contributed by atoms with E-state index in [1.807, 2.05) is 66.7 Å². The second-order valence-corrected chi connectivity index (χ2v) is 12.3. The molecule has 0 unspecified atom stereocenters. The second kappa shape index (κ2) is 8.86. The first-order valence-corrected chi connectivity index (χ1v) is 13.9. The Morgan fingerprint density at radius 1 is 0.771 bits per heavy atom. The van der Waals surface area contributed by atoms with Crippen molar-refractivity contribution in [2.45, 2.75) is 59.7 Å². The molecule has 6 heteroatoms. The third-order valence-electron chi connectivity index (χ3n) is 8.14. The fraction of sp³-hybridized carbons (Fsp3) is 0.379. The monoisotopic (exact) mass is 489 g/mol. The number of hydrogen-bond donors (Lipinski definition) is 0. The van der Waals surface area contributed by atoms with E-state index in [0.717, 1.165) is 5.56 Å². The zero-order valence-corrected chi connectivity index (χ0v) is 20.6. The Kier molecular flexibility index (Phi) is 5.80. The highest BCUT2D eigenvalue weighted by atomic mass is 32.2. The zero-order chi connectivity index (χ0) is 23.9. The number of hydrogen-bond acceptors (Lipinski definition) is 5. The van der Waals surface area contributed by atoms with Crippen molar-refractivity contribution in [3.63, 3.8) is 0 Å². The maximum atomic E-state index is 14.6. The zero-order valence-electron chi connectivity index (χ0n) is 19.8. The van der Waals surface area contributed by atoms with Crippen molar-refractivity contribution in [3.8, 4) is 0 Å². The number of benzene rings is 3. The van der Waals surface area contributed by atoms with Crippen LogP contribution >= 0.6 is 0 Å². The van der Waals surface area contributed by atoms with Crippen LogP contribution in [-0.2, 0) is 32.3 Å². The smallest absolute Gasteiger partial charge is 0.186 e. The molecule has 1 spiro atoms. The molecule has 0 saturated carbocycles. The fourth-order valence-corrected chi connectivity index (χ4v) is 8.94. The Morgan fingerprint density at radius 2 is 1.34 bits per heavy atom. The summed E-state index contributed by atoms with van der Waals surface area (Å²) in [7, 11) is -3.68. The normalized spacial score (nSPS) is 27.9. The van der Waals surface area contributed by atoms with E-state index in [9.17, 15) is 8.42 Å². The van der Waals surface area contributed by atoms with E-state index in [1.165, 1.54) is 5.56 Å². The van der Waals surface area contributed by atoms with Crippen LogP contribution in [0.2, 0.25) is 0 Å². The number of fused-ring (bicyclic) bond motifs is 3. The molecule has 3 aromatic carbocycles. The van der Waals surface area contributed by atoms with Crippen molar-refractivity contribution in [3.05, 3.63) is 102 Å². The highest BCUT2D eigenvalue weighted by molar-refractivity contribution is 7.93. The van der Waals surface area contributed by atoms with Crippen LogP contribution < -0.4 is 0 Å². The van der Waals surface area contributed by atoms with Gasteiger partial charge >= 0.3 is 0 Å². The van der Waals surface area contributed by atoms with Gasteiger partial charge in [0, 0.05) is 19.0 Å². The molecule has 3 aromatic rings. The van der Waals surface area contributed by atoms with E-state index in [0.29, 0.717) is 50.3 Å². The van der Waals surface area contributed by atoms with E-state index >= 15 is 0 Å². The summed E-state index contributed by atoms with van der Waals surface area (Å²) in [6.45, 7) is 1.78. The van der Waals surface area contributed by atoms with Crippen molar-refractivity contribution >= 4 is 9.84 Å². The van der Waals surface area contributed by atoms with Crippen molar-refractivity contribution < 1.29 is 17.9 Å². The van der Waals surface area contributed by atoms with Crippen molar-refractivity contribution in [1.29, 1.82) is 0 Å². The molecule has 0 radical (unpaired) electrons. The number of piperidine rings is 1. The van der Waals surface area contributed by atoms with E-state index in [1.54, 1.807) is 12.1 Å². The largest absolute Gasteiger partial charge is 0.346 e. The lowest BCUT2D eigenvalue weighted by molar-refractivity contribution is -0.220. The third kappa shape index (κ3) is 3.75. The molecule has 3 saturated heterocycles. The Balaban J connectivity index is 1.50. The second-order valence-electron chi connectivity index (χ2n) is 9.98. The Labute approximate surface area is 207 Å². The fourth-order valence-electron chi connectivity index (χ4n) is 6.61. The van der Waals surface area contributed by atoms with Crippen LogP contribution in [-0.4, -0.2) is 49.1 Å². The molecule has 3 atom stereocenters. The van der Waals surface area contributed by atoms with Crippen LogP contribution in [0.15, 0.2) is 95.9 Å². The topological polar surface area (TPSA) is 55.8 Å². The lowest BCUT2D eigenvalue weighted by Crippen LogP contribution is -2.58. The van der Waals surface area contributed by atoms with Gasteiger partial charge in [0.2, 0.25) is 0 Å². The lowest BCUT2D eigenvalue weighted by atomic mass is 9.89. The first-order valence-electron chi connectivity index (χ1n) is 12.5. The number of nitrogens with zero attached hydrogens (tertiary/aromatic N) is 1. The molecule has 3 aliphatic heterocycles. The molecule has 5 nitrogen and oxygen atoms in total. The highest BCUT2D eigenvalue weighted by Crippen LogP contribution is 2.55. The number of rotatable bonds is 6. The first kappa shape index (κ1) is 22.9. The van der Waals surface area contributed by atoms with Gasteiger partial charge in [-0.3, -0.25) is 4.90 Å². The van der Waals surface area contributed by atoms with Crippen molar-refractivity contribution in [2.24, 2.45) is 0 Å². The Hall–Kier alpha value is -2.51. The minimum atomic E-state index is -3.68. The van der Waals surface area contributed by atoms with Gasteiger partial charge in [0.25, 0.3) is 0 Å². The summed E-state index contributed by atoms with van der Waals surface area (Å²) in [6.07, 6.45) is 2.38. The summed E-state index contributed by atoms with van der Waals surface area (Å²) >= 11 is 0. The summed E-state index contributed by atoms with van der Waals surface area (Å²) in [5.74, 6) is -0.740. The summed E-state index contributed by atoms with van der Waals surface area (Å²) in [5.41, 5.74) is 2.21. The first-order chi connectivity index (χ1) is 17.0. The molecule has 2 bridgehead atoms. The van der Waals surface area contributed by atoms with Crippen LogP contribution in [0, 0.1) is 0 Å². The molecule has 35 heavy (non-hydrogen) atoms. The van der Waals surface area contributed by atoms with Crippen LogP contribution in [0.1, 0.15) is 30.4 Å². The molecule has 0 amide bonds. The minimum Gasteiger partial charge on any atom is -0.346 e. The van der Waals surface area contributed by atoms with Gasteiger partial charge < -0.3 is 9.47 Å². The summed E-state index contributed by atoms with van der Waals surface area (Å²) < 4.78 is 40.8. The third-order valence-corrected chi connectivity index (χ3v) is 10.7. The molecule has 0 N–H and O–H groups in total. The van der Waals surface area contributed by atoms with Gasteiger partial charge in [0.05, 0.1) is 28.9 Å². The Morgan fingerprint density at radius 3 is 1.97 bits per heavy atom. The maximum absolute atomic E-state index is 14.6. The van der Waals surface area contributed by atoms with E-state index in [2.05, 4.69) is 17.0 Å². The van der Waals surface area contributed by atoms with E-state index < -0.39 is 20.4 Å². The summed E-state index contributed by atoms with van der Waals surface area (Å²) in [6, 6.07) is 29.1. The summed E-state index contributed by atoms with van der Waals surface area (Å²) in [4.78, 5) is 2.78. The van der Waals surface area contributed by atoms with Gasteiger partial charge in [0.15, 0.2) is 15.6 Å². The molecular weight excluding hydrogens is 458 g/mol. The average Bonchev–Trinajstić information content (AvgIpc) is 3.44. The summed E-state index contributed by atoms with van der Waals surface area (Å²) in [5, 5.41) is 0. The lowest BCUT2D eigenvalue weighted by Gasteiger charge is -2.46. The van der Waals surface area contributed by atoms with Gasteiger partial charge in [0.1, 0.15) is 0 Å². The van der Waals surface area contributed by atoms with Gasteiger partial charge in [-0.2, -0.15) is 0 Å². The van der Waals surface area contributed by atoms with Gasteiger partial charge in [-0.15, -0.1) is 0 Å². The van der Waals surface area contributed by atoms with Crippen molar-refractivity contribution in [2.75, 3.05) is 13.2 Å². The maximum Gasteiger partial charge on any atom is 0.186 e. The molecule has 3 heterocycles. The van der Waals surface area contributed by atoms with Crippen LogP contribution in [0.4, 0.5) is 0 Å². The molecule has 3 fully saturated rings. The predicted octanol–water partition coefficient (Wildman–Crippen LogP) is 4.62. The van der Waals surface area contributed by atoms with Gasteiger partial charge in [-0.25, -0.2) is 8.42 Å². The molecule has 6 rings (SSSR count). The molecule has 182 valence electrons. The van der Waals surface area contributed by atoms with Gasteiger partial charge in [-0.05, 0) is 42.5 Å². The predicted molar refractivity (Wildman–Crippen MR) is 135 cm³/mol. The number of ether oxygens (including phenoxy) is 2. The average molecular weight is 490 g/mol. The van der Waals surface area contributed by atoms with Crippen LogP contribution in [0.25, 0.3) is 0 Å². The highest BCUT2D eigenvalue weighted by Gasteiger charge is 2.67. The van der Waals surface area contributed by atoms with Crippen molar-refractivity contribution in [1.82, 2.24) is 4.90 Å². The minimum absolute atomic E-state index is 0.133. The molecule has 0 aromatic heterocycles. The van der Waals surface area contributed by atoms with E-state index in [4.69, 9.17) is 9.47 Å². The number of sulfone groups is 1. The Bertz CT molecular complexity index is 1260. The standard InChI is InChI=1S/C29H31NO4S/c31-35(32,25-14-8-3-9-15-25)28(20-23-10-4-1-5-11-23)21-27-29(33-18-19-34-29)17-16-26(28)30(27)22-24-12-6-2-7-13-24/h1-15,26-27H,16-22H2/t26-,27-,28+/m1/s1. The molecule has 0 aliphatic carbocycles. The molecular formula is C29H31NO4S. The van der Waals surface area contributed by atoms with Gasteiger partial charge in [-0.1, -0.05) is 78.9 Å². The quantitative estimate of drug-likeness (QED) is 0.506. The SMILES string of the molecule is O=S(=O)(c1ccccc1)[C@@]1(Cc2ccccc2)C[C@H]2N(Cc3ccccc3)[C@@H]1CCC21OCCO1. The van der Waals surface area contributed by atoms with Crippen LogP contribution in [0.3, 0.4) is 0 Å².